The fraction of sp³-hybridized carbons (Fsp3) is 0.500. The van der Waals surface area contributed by atoms with E-state index in [2.05, 4.69) is 13.8 Å². The number of carbonyl (C=O) groups excluding carboxylic acids is 1. The lowest BCUT2D eigenvalue weighted by Crippen LogP contribution is -2.09. The van der Waals surface area contributed by atoms with Gasteiger partial charge in [-0.1, -0.05) is 13.0 Å². The van der Waals surface area contributed by atoms with Crippen molar-refractivity contribution >= 4 is 5.97 Å². The second kappa shape index (κ2) is 5.82. The monoisotopic (exact) mass is 235 g/mol. The van der Waals surface area contributed by atoms with Gasteiger partial charge in [0.05, 0.1) is 12.7 Å². The van der Waals surface area contributed by atoms with E-state index in [1.54, 1.807) is 0 Å². The first-order chi connectivity index (χ1) is 8.01. The van der Waals surface area contributed by atoms with Gasteiger partial charge in [0.1, 0.15) is 0 Å². The molecule has 1 rings (SSSR count). The topological polar surface area (TPSA) is 52.3 Å². The Balaban J connectivity index is 3.18. The quantitative estimate of drug-likeness (QED) is 0.816. The summed E-state index contributed by atoms with van der Waals surface area (Å²) in [5, 5.41) is 0. The van der Waals surface area contributed by atoms with Crippen LogP contribution in [0.2, 0.25) is 0 Å². The smallest absolute Gasteiger partial charge is 0.338 e. The molecular formula is C14H21NO2. The third-order valence-corrected chi connectivity index (χ3v) is 3.15. The molecule has 0 spiro atoms. The Hall–Kier alpha value is -1.35. The van der Waals surface area contributed by atoms with E-state index in [9.17, 15) is 4.79 Å². The molecular weight excluding hydrogens is 214 g/mol. The first kappa shape index (κ1) is 13.7. The largest absolute Gasteiger partial charge is 0.465 e. The van der Waals surface area contributed by atoms with Crippen molar-refractivity contribution in [1.29, 1.82) is 0 Å². The third kappa shape index (κ3) is 3.07. The SMILES string of the molecule is COC(=O)c1cc(C(C)CCN)c(C)cc1C. The summed E-state index contributed by atoms with van der Waals surface area (Å²) >= 11 is 0. The molecule has 0 aliphatic carbocycles. The van der Waals surface area contributed by atoms with Crippen molar-refractivity contribution in [2.45, 2.75) is 33.1 Å². The van der Waals surface area contributed by atoms with Gasteiger partial charge in [-0.05, 0) is 55.5 Å². The predicted octanol–water partition coefficient (Wildman–Crippen LogP) is 2.54. The molecule has 1 aromatic carbocycles. The number of benzene rings is 1. The maximum Gasteiger partial charge on any atom is 0.338 e. The normalized spacial score (nSPS) is 12.3. The van der Waals surface area contributed by atoms with E-state index in [4.69, 9.17) is 10.5 Å². The van der Waals surface area contributed by atoms with E-state index in [0.29, 0.717) is 18.0 Å². The lowest BCUT2D eigenvalue weighted by molar-refractivity contribution is 0.0600. The van der Waals surface area contributed by atoms with Crippen molar-refractivity contribution in [3.8, 4) is 0 Å². The van der Waals surface area contributed by atoms with Gasteiger partial charge >= 0.3 is 5.97 Å². The van der Waals surface area contributed by atoms with Gasteiger partial charge in [-0.3, -0.25) is 0 Å². The maximum atomic E-state index is 11.6. The minimum absolute atomic E-state index is 0.274. The van der Waals surface area contributed by atoms with Crippen LogP contribution < -0.4 is 5.73 Å². The molecule has 0 aromatic heterocycles. The molecule has 0 bridgehead atoms. The Bertz CT molecular complexity index is 413. The molecule has 17 heavy (non-hydrogen) atoms. The van der Waals surface area contributed by atoms with Gasteiger partial charge < -0.3 is 10.5 Å². The van der Waals surface area contributed by atoms with Crippen LogP contribution >= 0.6 is 0 Å². The van der Waals surface area contributed by atoms with Crippen LogP contribution in [0.25, 0.3) is 0 Å². The highest BCUT2D eigenvalue weighted by Gasteiger charge is 2.15. The Morgan fingerprint density at radius 1 is 1.35 bits per heavy atom. The van der Waals surface area contributed by atoms with Gasteiger partial charge in [-0.15, -0.1) is 0 Å². The first-order valence-electron chi connectivity index (χ1n) is 5.90. The van der Waals surface area contributed by atoms with Gasteiger partial charge in [-0.25, -0.2) is 4.79 Å². The maximum absolute atomic E-state index is 11.6. The van der Waals surface area contributed by atoms with Crippen LogP contribution in [0, 0.1) is 13.8 Å². The predicted molar refractivity (Wildman–Crippen MR) is 69.3 cm³/mol. The lowest BCUT2D eigenvalue weighted by atomic mass is 9.90. The standard InChI is InChI=1S/C14H21NO2/c1-9(5-6-15)12-8-13(14(16)17-4)11(3)7-10(12)2/h7-9H,5-6,15H2,1-4H3. The van der Waals surface area contributed by atoms with Crippen molar-refractivity contribution in [3.05, 3.63) is 34.4 Å². The molecule has 0 amide bonds. The highest BCUT2D eigenvalue weighted by atomic mass is 16.5. The molecule has 0 aliphatic heterocycles. The number of rotatable bonds is 4. The summed E-state index contributed by atoms with van der Waals surface area (Å²) in [5.74, 6) is 0.0905. The average molecular weight is 235 g/mol. The molecule has 3 nitrogen and oxygen atoms in total. The second-order valence-electron chi connectivity index (χ2n) is 4.49. The van der Waals surface area contributed by atoms with Crippen LogP contribution in [0.15, 0.2) is 12.1 Å². The van der Waals surface area contributed by atoms with E-state index in [1.165, 1.54) is 18.2 Å². The molecule has 94 valence electrons. The van der Waals surface area contributed by atoms with Gasteiger partial charge in [-0.2, -0.15) is 0 Å². The highest BCUT2D eigenvalue weighted by Crippen LogP contribution is 2.25. The van der Waals surface area contributed by atoms with Crippen LogP contribution in [0.4, 0.5) is 0 Å². The third-order valence-electron chi connectivity index (χ3n) is 3.15. The van der Waals surface area contributed by atoms with E-state index >= 15 is 0 Å². The lowest BCUT2D eigenvalue weighted by Gasteiger charge is -2.16. The minimum Gasteiger partial charge on any atom is -0.465 e. The number of hydrogen-bond acceptors (Lipinski definition) is 3. The number of hydrogen-bond donors (Lipinski definition) is 1. The van der Waals surface area contributed by atoms with Crippen molar-refractivity contribution < 1.29 is 9.53 Å². The van der Waals surface area contributed by atoms with Gasteiger partial charge in [0.2, 0.25) is 0 Å². The molecule has 1 atom stereocenters. The number of carbonyl (C=O) groups is 1. The van der Waals surface area contributed by atoms with E-state index in [0.717, 1.165) is 12.0 Å². The zero-order chi connectivity index (χ0) is 13.0. The molecule has 0 saturated heterocycles. The molecule has 0 radical (unpaired) electrons. The Morgan fingerprint density at radius 2 is 2.00 bits per heavy atom. The zero-order valence-electron chi connectivity index (χ0n) is 11.0. The van der Waals surface area contributed by atoms with Gasteiger partial charge in [0, 0.05) is 0 Å². The fourth-order valence-electron chi connectivity index (χ4n) is 2.14. The number of methoxy groups -OCH3 is 1. The van der Waals surface area contributed by atoms with Gasteiger partial charge in [0.25, 0.3) is 0 Å². The van der Waals surface area contributed by atoms with Crippen molar-refractivity contribution in [2.75, 3.05) is 13.7 Å². The fourth-order valence-corrected chi connectivity index (χ4v) is 2.14. The zero-order valence-corrected chi connectivity index (χ0v) is 11.0. The molecule has 0 heterocycles. The van der Waals surface area contributed by atoms with Crippen LogP contribution in [-0.4, -0.2) is 19.6 Å². The van der Waals surface area contributed by atoms with Crippen molar-refractivity contribution in [1.82, 2.24) is 0 Å². The van der Waals surface area contributed by atoms with Crippen LogP contribution in [-0.2, 0) is 4.74 Å². The summed E-state index contributed by atoms with van der Waals surface area (Å²) < 4.78 is 4.79. The van der Waals surface area contributed by atoms with E-state index in [1.807, 2.05) is 19.1 Å². The number of aryl methyl sites for hydroxylation is 2. The molecule has 0 fully saturated rings. The summed E-state index contributed by atoms with van der Waals surface area (Å²) in [6.45, 7) is 6.78. The summed E-state index contributed by atoms with van der Waals surface area (Å²) in [4.78, 5) is 11.6. The van der Waals surface area contributed by atoms with Crippen LogP contribution in [0.5, 0.6) is 0 Å². The van der Waals surface area contributed by atoms with Crippen molar-refractivity contribution in [3.63, 3.8) is 0 Å². The second-order valence-corrected chi connectivity index (χ2v) is 4.49. The summed E-state index contributed by atoms with van der Waals surface area (Å²) in [7, 11) is 1.41. The van der Waals surface area contributed by atoms with E-state index < -0.39 is 0 Å². The Morgan fingerprint density at radius 3 is 2.53 bits per heavy atom. The molecule has 0 saturated carbocycles. The summed E-state index contributed by atoms with van der Waals surface area (Å²) in [5.41, 5.74) is 9.57. The van der Waals surface area contributed by atoms with Crippen LogP contribution in [0.3, 0.4) is 0 Å². The van der Waals surface area contributed by atoms with E-state index in [-0.39, 0.29) is 5.97 Å². The van der Waals surface area contributed by atoms with Crippen molar-refractivity contribution in [2.24, 2.45) is 5.73 Å². The Labute approximate surface area is 103 Å². The molecule has 1 aromatic rings. The number of ether oxygens (including phenoxy) is 1. The number of nitrogens with two attached hydrogens (primary N) is 1. The molecule has 0 aliphatic rings. The molecule has 2 N–H and O–H groups in total. The molecule has 1 unspecified atom stereocenters. The molecule has 3 heteroatoms. The van der Waals surface area contributed by atoms with Crippen LogP contribution in [0.1, 0.15) is 46.3 Å². The van der Waals surface area contributed by atoms with Gasteiger partial charge in [0.15, 0.2) is 0 Å². The summed E-state index contributed by atoms with van der Waals surface area (Å²) in [6, 6.07) is 3.98. The Kier molecular flexibility index (Phi) is 4.70. The number of esters is 1. The summed E-state index contributed by atoms with van der Waals surface area (Å²) in [6.07, 6.45) is 0.921. The highest BCUT2D eigenvalue weighted by molar-refractivity contribution is 5.91. The average Bonchev–Trinajstić information content (AvgIpc) is 2.28. The first-order valence-corrected chi connectivity index (χ1v) is 5.90. The minimum atomic E-state index is -0.274.